The molecule has 0 saturated carbocycles. The van der Waals surface area contributed by atoms with Crippen molar-refractivity contribution in [2.75, 3.05) is 11.4 Å². The molecule has 4 rings (SSSR count). The van der Waals surface area contributed by atoms with Gasteiger partial charge in [0.05, 0.1) is 0 Å². The number of nitrogens with one attached hydrogen (secondary N) is 1. The summed E-state index contributed by atoms with van der Waals surface area (Å²) in [6, 6.07) is 17.7. The molecule has 0 atom stereocenters. The van der Waals surface area contributed by atoms with E-state index in [4.69, 9.17) is 11.6 Å². The first kappa shape index (κ1) is 18.4. The molecule has 3 aromatic rings. The van der Waals surface area contributed by atoms with Gasteiger partial charge in [0, 0.05) is 30.7 Å². The lowest BCUT2D eigenvalue weighted by molar-refractivity contribution is 0.0945. The molecule has 1 aliphatic heterocycles. The molecule has 0 radical (unpaired) electrons. The SMILES string of the molecule is Cc1nc(C(=O)NCc2ccccc2Cl)cc(N2CCc3ccccc3C2)n1. The number of aromatic nitrogens is 2. The smallest absolute Gasteiger partial charge is 0.270 e. The van der Waals surface area contributed by atoms with Crippen LogP contribution in [0, 0.1) is 6.92 Å². The quantitative estimate of drug-likeness (QED) is 0.730. The Morgan fingerprint density at radius 1 is 1.11 bits per heavy atom. The number of halogens is 1. The van der Waals surface area contributed by atoms with Gasteiger partial charge in [0.2, 0.25) is 0 Å². The molecule has 5 nitrogen and oxygen atoms in total. The molecule has 1 amide bonds. The summed E-state index contributed by atoms with van der Waals surface area (Å²) in [5, 5.41) is 3.53. The molecule has 0 unspecified atom stereocenters. The van der Waals surface area contributed by atoms with Crippen LogP contribution in [0.15, 0.2) is 54.6 Å². The number of benzene rings is 2. The molecule has 2 heterocycles. The van der Waals surface area contributed by atoms with E-state index in [0.29, 0.717) is 23.1 Å². The van der Waals surface area contributed by atoms with Gasteiger partial charge in [0.25, 0.3) is 5.91 Å². The van der Waals surface area contributed by atoms with E-state index in [1.54, 1.807) is 6.07 Å². The Kier molecular flexibility index (Phi) is 5.26. The minimum Gasteiger partial charge on any atom is -0.352 e. The van der Waals surface area contributed by atoms with Crippen molar-refractivity contribution in [3.05, 3.63) is 87.8 Å². The van der Waals surface area contributed by atoms with Crippen LogP contribution in [0.3, 0.4) is 0 Å². The molecule has 0 saturated heterocycles. The fourth-order valence-electron chi connectivity index (χ4n) is 3.43. The molecule has 6 heteroatoms. The van der Waals surface area contributed by atoms with Crippen molar-refractivity contribution in [1.29, 1.82) is 0 Å². The molecule has 1 aliphatic rings. The average Bonchev–Trinajstić information content (AvgIpc) is 2.72. The lowest BCUT2D eigenvalue weighted by Gasteiger charge is -2.30. The summed E-state index contributed by atoms with van der Waals surface area (Å²) >= 11 is 6.16. The molecule has 1 N–H and O–H groups in total. The topological polar surface area (TPSA) is 58.1 Å². The number of rotatable bonds is 4. The van der Waals surface area contributed by atoms with E-state index in [2.05, 4.69) is 44.5 Å². The molecule has 28 heavy (non-hydrogen) atoms. The van der Waals surface area contributed by atoms with E-state index in [-0.39, 0.29) is 5.91 Å². The van der Waals surface area contributed by atoms with Gasteiger partial charge in [-0.25, -0.2) is 9.97 Å². The van der Waals surface area contributed by atoms with Crippen LogP contribution >= 0.6 is 11.6 Å². The molecule has 0 aliphatic carbocycles. The summed E-state index contributed by atoms with van der Waals surface area (Å²) in [6.07, 6.45) is 0.966. The average molecular weight is 393 g/mol. The largest absolute Gasteiger partial charge is 0.352 e. The number of carbonyl (C=O) groups excluding carboxylic acids is 1. The van der Waals surface area contributed by atoms with Crippen molar-refractivity contribution in [3.63, 3.8) is 0 Å². The summed E-state index contributed by atoms with van der Waals surface area (Å²) in [5.41, 5.74) is 3.92. The summed E-state index contributed by atoms with van der Waals surface area (Å²) < 4.78 is 0. The van der Waals surface area contributed by atoms with Crippen molar-refractivity contribution in [3.8, 4) is 0 Å². The number of anilines is 1. The van der Waals surface area contributed by atoms with Crippen LogP contribution in [0.5, 0.6) is 0 Å². The molecular formula is C22H21ClN4O. The molecule has 0 spiro atoms. The molecular weight excluding hydrogens is 372 g/mol. The van der Waals surface area contributed by atoms with Gasteiger partial charge >= 0.3 is 0 Å². The van der Waals surface area contributed by atoms with Gasteiger partial charge in [0.15, 0.2) is 0 Å². The van der Waals surface area contributed by atoms with Gasteiger partial charge in [0.1, 0.15) is 17.3 Å². The first-order valence-electron chi connectivity index (χ1n) is 9.29. The lowest BCUT2D eigenvalue weighted by Crippen LogP contribution is -2.32. The van der Waals surface area contributed by atoms with Crippen LogP contribution in [-0.2, 0) is 19.5 Å². The van der Waals surface area contributed by atoms with Crippen molar-refractivity contribution in [1.82, 2.24) is 15.3 Å². The summed E-state index contributed by atoms with van der Waals surface area (Å²) in [4.78, 5) is 23.7. The van der Waals surface area contributed by atoms with Crippen molar-refractivity contribution < 1.29 is 4.79 Å². The first-order chi connectivity index (χ1) is 13.6. The zero-order valence-electron chi connectivity index (χ0n) is 15.7. The fourth-order valence-corrected chi connectivity index (χ4v) is 3.63. The first-order valence-corrected chi connectivity index (χ1v) is 9.67. The lowest BCUT2D eigenvalue weighted by atomic mass is 10.00. The summed E-state index contributed by atoms with van der Waals surface area (Å²) in [6.45, 7) is 3.82. The number of aryl methyl sites for hydroxylation is 1. The van der Waals surface area contributed by atoms with Crippen LogP contribution in [0.2, 0.25) is 5.02 Å². The Bertz CT molecular complexity index is 1020. The van der Waals surface area contributed by atoms with Crippen LogP contribution in [-0.4, -0.2) is 22.4 Å². The van der Waals surface area contributed by atoms with Crippen molar-refractivity contribution >= 4 is 23.3 Å². The van der Waals surface area contributed by atoms with E-state index in [0.717, 1.165) is 30.9 Å². The Labute approximate surface area is 169 Å². The maximum atomic E-state index is 12.7. The van der Waals surface area contributed by atoms with E-state index < -0.39 is 0 Å². The normalized spacial score (nSPS) is 13.1. The van der Waals surface area contributed by atoms with Gasteiger partial charge in [-0.05, 0) is 36.1 Å². The Morgan fingerprint density at radius 3 is 2.68 bits per heavy atom. The molecule has 142 valence electrons. The fraction of sp³-hybridized carbons (Fsp3) is 0.227. The number of amides is 1. The van der Waals surface area contributed by atoms with Gasteiger partial charge in [-0.15, -0.1) is 0 Å². The van der Waals surface area contributed by atoms with Gasteiger partial charge in [-0.3, -0.25) is 4.79 Å². The zero-order valence-corrected chi connectivity index (χ0v) is 16.4. The maximum absolute atomic E-state index is 12.7. The zero-order chi connectivity index (χ0) is 19.5. The predicted molar refractivity (Wildman–Crippen MR) is 111 cm³/mol. The number of carbonyl (C=O) groups is 1. The van der Waals surface area contributed by atoms with E-state index >= 15 is 0 Å². The highest BCUT2D eigenvalue weighted by Crippen LogP contribution is 2.23. The molecule has 2 aromatic carbocycles. The Morgan fingerprint density at radius 2 is 1.86 bits per heavy atom. The number of nitrogens with zero attached hydrogens (tertiary/aromatic N) is 3. The number of hydrogen-bond acceptors (Lipinski definition) is 4. The Balaban J connectivity index is 1.51. The third-order valence-corrected chi connectivity index (χ3v) is 5.28. The second-order valence-electron chi connectivity index (χ2n) is 6.87. The number of hydrogen-bond donors (Lipinski definition) is 1. The standard InChI is InChI=1S/C22H21ClN4O/c1-15-25-20(22(28)24-13-17-7-4-5-9-19(17)23)12-21(26-15)27-11-10-16-6-2-3-8-18(16)14-27/h2-9,12H,10-11,13-14H2,1H3,(H,24,28). The van der Waals surface area contributed by atoms with Crippen molar-refractivity contribution in [2.45, 2.75) is 26.4 Å². The highest BCUT2D eigenvalue weighted by molar-refractivity contribution is 6.31. The van der Waals surface area contributed by atoms with Gasteiger partial charge in [-0.2, -0.15) is 0 Å². The predicted octanol–water partition coefficient (Wildman–Crippen LogP) is 3.93. The highest BCUT2D eigenvalue weighted by atomic mass is 35.5. The monoisotopic (exact) mass is 392 g/mol. The third kappa shape index (κ3) is 3.99. The second kappa shape index (κ2) is 7.98. The van der Waals surface area contributed by atoms with Crippen LogP contribution < -0.4 is 10.2 Å². The van der Waals surface area contributed by atoms with Crippen LogP contribution in [0.1, 0.15) is 33.0 Å². The van der Waals surface area contributed by atoms with Crippen LogP contribution in [0.25, 0.3) is 0 Å². The van der Waals surface area contributed by atoms with E-state index in [9.17, 15) is 4.79 Å². The minimum absolute atomic E-state index is 0.232. The summed E-state index contributed by atoms with van der Waals surface area (Å²) in [5.74, 6) is 1.13. The highest BCUT2D eigenvalue weighted by Gasteiger charge is 2.19. The Hall–Kier alpha value is -2.92. The summed E-state index contributed by atoms with van der Waals surface area (Å²) in [7, 11) is 0. The van der Waals surface area contributed by atoms with Crippen LogP contribution in [0.4, 0.5) is 5.82 Å². The van der Waals surface area contributed by atoms with E-state index in [1.165, 1.54) is 11.1 Å². The van der Waals surface area contributed by atoms with Crippen molar-refractivity contribution in [2.24, 2.45) is 0 Å². The molecule has 0 fully saturated rings. The minimum atomic E-state index is -0.232. The van der Waals surface area contributed by atoms with Gasteiger partial charge < -0.3 is 10.2 Å². The molecule has 1 aromatic heterocycles. The van der Waals surface area contributed by atoms with Gasteiger partial charge in [-0.1, -0.05) is 54.1 Å². The molecule has 0 bridgehead atoms. The van der Waals surface area contributed by atoms with E-state index in [1.807, 2.05) is 31.2 Å². The third-order valence-electron chi connectivity index (χ3n) is 4.91. The number of fused-ring (bicyclic) bond motifs is 1. The second-order valence-corrected chi connectivity index (χ2v) is 7.28. The maximum Gasteiger partial charge on any atom is 0.270 e.